The Hall–Kier alpha value is -1.41. The Morgan fingerprint density at radius 1 is 1.15 bits per heavy atom. The molecule has 2 heteroatoms. The first-order valence-electron chi connectivity index (χ1n) is 7.44. The van der Waals surface area contributed by atoms with Gasteiger partial charge in [-0.25, -0.2) is 0 Å². The first kappa shape index (κ1) is 12.3. The Labute approximate surface area is 124 Å². The summed E-state index contributed by atoms with van der Waals surface area (Å²) in [5, 5.41) is 4.43. The summed E-state index contributed by atoms with van der Waals surface area (Å²) in [6.45, 7) is 2.19. The molecule has 0 fully saturated rings. The summed E-state index contributed by atoms with van der Waals surface area (Å²) >= 11 is 1.78. The zero-order chi connectivity index (χ0) is 13.6. The fourth-order valence-electron chi connectivity index (χ4n) is 3.82. The van der Waals surface area contributed by atoms with Crippen LogP contribution in [0.4, 0.5) is 0 Å². The predicted molar refractivity (Wildman–Crippen MR) is 86.9 cm³/mol. The van der Waals surface area contributed by atoms with Gasteiger partial charge in [-0.2, -0.15) is 11.3 Å². The van der Waals surface area contributed by atoms with Crippen molar-refractivity contribution in [1.82, 2.24) is 0 Å². The van der Waals surface area contributed by atoms with Crippen LogP contribution in [-0.2, 0) is 12.8 Å². The summed E-state index contributed by atoms with van der Waals surface area (Å²) in [6, 6.07) is 9.05. The van der Waals surface area contributed by atoms with Crippen LogP contribution >= 0.6 is 11.3 Å². The molecule has 1 atom stereocenters. The maximum atomic E-state index is 4.99. The SMILES string of the molecule is CC1=N[C@@]2(CC1)CCc1c(cccc1-c1ccsc1)C2. The van der Waals surface area contributed by atoms with E-state index in [1.807, 2.05) is 0 Å². The van der Waals surface area contributed by atoms with E-state index in [1.54, 1.807) is 16.9 Å². The van der Waals surface area contributed by atoms with E-state index in [9.17, 15) is 0 Å². The van der Waals surface area contributed by atoms with Crippen LogP contribution in [-0.4, -0.2) is 11.3 Å². The molecule has 0 N–H and O–H groups in total. The molecule has 2 aromatic rings. The summed E-state index contributed by atoms with van der Waals surface area (Å²) in [4.78, 5) is 4.99. The minimum atomic E-state index is 0.227. The van der Waals surface area contributed by atoms with Crippen LogP contribution < -0.4 is 0 Å². The van der Waals surface area contributed by atoms with Gasteiger partial charge in [-0.05, 0) is 78.1 Å². The molecule has 0 saturated carbocycles. The molecule has 20 heavy (non-hydrogen) atoms. The number of fused-ring (bicyclic) bond motifs is 1. The first-order valence-corrected chi connectivity index (χ1v) is 8.39. The molecule has 2 aliphatic rings. The summed E-state index contributed by atoms with van der Waals surface area (Å²) in [7, 11) is 0. The molecule has 2 heterocycles. The van der Waals surface area contributed by atoms with Gasteiger partial charge in [0.05, 0.1) is 5.54 Å². The molecule has 1 aliphatic heterocycles. The van der Waals surface area contributed by atoms with Gasteiger partial charge in [-0.1, -0.05) is 18.2 Å². The van der Waals surface area contributed by atoms with Crippen molar-refractivity contribution >= 4 is 17.0 Å². The second kappa shape index (κ2) is 4.56. The van der Waals surface area contributed by atoms with Gasteiger partial charge < -0.3 is 0 Å². The second-order valence-electron chi connectivity index (χ2n) is 6.20. The minimum absolute atomic E-state index is 0.227. The third-order valence-electron chi connectivity index (χ3n) is 4.85. The van der Waals surface area contributed by atoms with Crippen LogP contribution in [0.3, 0.4) is 0 Å². The zero-order valence-electron chi connectivity index (χ0n) is 11.9. The van der Waals surface area contributed by atoms with Gasteiger partial charge in [-0.15, -0.1) is 0 Å². The summed E-state index contributed by atoms with van der Waals surface area (Å²) in [6.07, 6.45) is 5.98. The molecule has 1 aliphatic carbocycles. The van der Waals surface area contributed by atoms with Gasteiger partial charge in [-0.3, -0.25) is 4.99 Å². The molecule has 0 radical (unpaired) electrons. The predicted octanol–water partition coefficient (Wildman–Crippen LogP) is 4.90. The Kier molecular flexibility index (Phi) is 2.81. The highest BCUT2D eigenvalue weighted by Gasteiger charge is 2.37. The van der Waals surface area contributed by atoms with Gasteiger partial charge >= 0.3 is 0 Å². The molecule has 0 unspecified atom stereocenters. The topological polar surface area (TPSA) is 12.4 Å². The molecule has 1 aromatic carbocycles. The van der Waals surface area contributed by atoms with Gasteiger partial charge in [0, 0.05) is 5.71 Å². The third-order valence-corrected chi connectivity index (χ3v) is 5.53. The first-order chi connectivity index (χ1) is 9.76. The summed E-state index contributed by atoms with van der Waals surface area (Å²) in [5.41, 5.74) is 7.49. The number of rotatable bonds is 1. The Morgan fingerprint density at radius 2 is 2.05 bits per heavy atom. The maximum absolute atomic E-state index is 4.99. The highest BCUT2D eigenvalue weighted by Crippen LogP contribution is 2.41. The van der Waals surface area contributed by atoms with E-state index >= 15 is 0 Å². The maximum Gasteiger partial charge on any atom is 0.0654 e. The van der Waals surface area contributed by atoms with Crippen molar-refractivity contribution in [1.29, 1.82) is 0 Å². The van der Waals surface area contributed by atoms with Crippen molar-refractivity contribution in [3.05, 3.63) is 46.2 Å². The van der Waals surface area contributed by atoms with E-state index in [2.05, 4.69) is 41.9 Å². The fraction of sp³-hybridized carbons (Fsp3) is 0.389. The number of hydrogen-bond donors (Lipinski definition) is 0. The van der Waals surface area contributed by atoms with Gasteiger partial charge in [0.2, 0.25) is 0 Å². The molecule has 1 spiro atoms. The smallest absolute Gasteiger partial charge is 0.0654 e. The van der Waals surface area contributed by atoms with Crippen LogP contribution in [0.2, 0.25) is 0 Å². The monoisotopic (exact) mass is 281 g/mol. The highest BCUT2D eigenvalue weighted by molar-refractivity contribution is 7.08. The molecular weight excluding hydrogens is 262 g/mol. The number of nitrogens with zero attached hydrogens (tertiary/aromatic N) is 1. The molecule has 0 amide bonds. The van der Waals surface area contributed by atoms with Crippen molar-refractivity contribution in [3.63, 3.8) is 0 Å². The van der Waals surface area contributed by atoms with E-state index < -0.39 is 0 Å². The number of aliphatic imine (C=N–C) groups is 1. The van der Waals surface area contributed by atoms with Gasteiger partial charge in [0.1, 0.15) is 0 Å². The molecule has 1 aromatic heterocycles. The molecule has 0 saturated heterocycles. The van der Waals surface area contributed by atoms with Crippen LogP contribution in [0.25, 0.3) is 11.1 Å². The fourth-order valence-corrected chi connectivity index (χ4v) is 4.48. The number of hydrogen-bond acceptors (Lipinski definition) is 2. The largest absolute Gasteiger partial charge is 0.287 e. The highest BCUT2D eigenvalue weighted by atomic mass is 32.1. The lowest BCUT2D eigenvalue weighted by Gasteiger charge is -2.33. The molecule has 0 bridgehead atoms. The van der Waals surface area contributed by atoms with Gasteiger partial charge in [0.15, 0.2) is 0 Å². The van der Waals surface area contributed by atoms with Crippen molar-refractivity contribution in [2.45, 2.75) is 44.6 Å². The van der Waals surface area contributed by atoms with E-state index in [-0.39, 0.29) is 5.54 Å². The Bertz CT molecular complexity index is 669. The van der Waals surface area contributed by atoms with Crippen molar-refractivity contribution in [3.8, 4) is 11.1 Å². The van der Waals surface area contributed by atoms with Crippen molar-refractivity contribution < 1.29 is 0 Å². The molecule has 4 rings (SSSR count). The number of thiophene rings is 1. The molecule has 1 nitrogen and oxygen atoms in total. The third kappa shape index (κ3) is 1.94. The molecule has 102 valence electrons. The van der Waals surface area contributed by atoms with Crippen molar-refractivity contribution in [2.75, 3.05) is 0 Å². The lowest BCUT2D eigenvalue weighted by molar-refractivity contribution is 0.375. The zero-order valence-corrected chi connectivity index (χ0v) is 12.7. The lowest BCUT2D eigenvalue weighted by atomic mass is 9.75. The van der Waals surface area contributed by atoms with Crippen LogP contribution in [0.5, 0.6) is 0 Å². The quantitative estimate of drug-likeness (QED) is 0.705. The Morgan fingerprint density at radius 3 is 2.80 bits per heavy atom. The van der Waals surface area contributed by atoms with Crippen LogP contribution in [0.1, 0.15) is 37.3 Å². The van der Waals surface area contributed by atoms with E-state index in [4.69, 9.17) is 4.99 Å². The van der Waals surface area contributed by atoms with E-state index in [0.717, 1.165) is 6.42 Å². The van der Waals surface area contributed by atoms with Crippen LogP contribution in [0.15, 0.2) is 40.0 Å². The van der Waals surface area contributed by atoms with E-state index in [0.29, 0.717) is 0 Å². The van der Waals surface area contributed by atoms with Crippen LogP contribution in [0, 0.1) is 0 Å². The van der Waals surface area contributed by atoms with E-state index in [1.165, 1.54) is 48.1 Å². The second-order valence-corrected chi connectivity index (χ2v) is 6.98. The average molecular weight is 281 g/mol. The normalized spacial score (nSPS) is 24.8. The van der Waals surface area contributed by atoms with Crippen molar-refractivity contribution in [2.24, 2.45) is 4.99 Å². The lowest BCUT2D eigenvalue weighted by Crippen LogP contribution is -2.32. The molecular formula is C18H19NS. The Balaban J connectivity index is 1.76. The average Bonchev–Trinajstić information content (AvgIpc) is 3.09. The van der Waals surface area contributed by atoms with Gasteiger partial charge in [0.25, 0.3) is 0 Å². The summed E-state index contributed by atoms with van der Waals surface area (Å²) in [5.74, 6) is 0. The number of benzene rings is 1. The summed E-state index contributed by atoms with van der Waals surface area (Å²) < 4.78 is 0. The minimum Gasteiger partial charge on any atom is -0.287 e. The standard InChI is InChI=1S/C18H19NS/c1-13-5-8-18(19-13)9-6-17-14(11-18)3-2-4-16(17)15-7-10-20-12-15/h2-4,7,10,12H,5-6,8-9,11H2,1H3/t18-/m0/s1.